The quantitative estimate of drug-likeness (QED) is 0.931. The van der Waals surface area contributed by atoms with Gasteiger partial charge in [-0.25, -0.2) is 9.37 Å². The van der Waals surface area contributed by atoms with Gasteiger partial charge in [-0.05, 0) is 57.8 Å². The number of rotatable bonds is 3. The van der Waals surface area contributed by atoms with Crippen molar-refractivity contribution < 1.29 is 4.39 Å². The molecule has 1 aromatic heterocycles. The molecule has 1 saturated heterocycles. The minimum Gasteiger partial charge on any atom is -0.325 e. The van der Waals surface area contributed by atoms with Crippen molar-refractivity contribution in [3.63, 3.8) is 0 Å². The van der Waals surface area contributed by atoms with Crippen LogP contribution in [0.1, 0.15) is 38.6 Å². The predicted molar refractivity (Wildman–Crippen MR) is 79.4 cm³/mol. The van der Waals surface area contributed by atoms with Crippen molar-refractivity contribution >= 4 is 11.0 Å². The zero-order chi connectivity index (χ0) is 14.1. The van der Waals surface area contributed by atoms with E-state index >= 15 is 0 Å². The fraction of sp³-hybridized carbons (Fsp3) is 0.562. The Morgan fingerprint density at radius 3 is 3.00 bits per heavy atom. The van der Waals surface area contributed by atoms with Crippen LogP contribution in [0.4, 0.5) is 4.39 Å². The molecule has 0 amide bonds. The normalized spacial score (nSPS) is 19.9. The summed E-state index contributed by atoms with van der Waals surface area (Å²) in [5, 5.41) is 3.44. The van der Waals surface area contributed by atoms with Gasteiger partial charge in [-0.15, -0.1) is 0 Å². The molecule has 2 aromatic rings. The Morgan fingerprint density at radius 2 is 2.30 bits per heavy atom. The highest BCUT2D eigenvalue weighted by Gasteiger charge is 2.20. The second kappa shape index (κ2) is 5.52. The van der Waals surface area contributed by atoms with Crippen LogP contribution in [-0.4, -0.2) is 22.6 Å². The first-order chi connectivity index (χ1) is 9.66. The average Bonchev–Trinajstić information content (AvgIpc) is 2.79. The third-order valence-electron chi connectivity index (χ3n) is 4.13. The van der Waals surface area contributed by atoms with E-state index in [1.165, 1.54) is 18.9 Å². The first-order valence-electron chi connectivity index (χ1n) is 7.53. The molecule has 1 unspecified atom stereocenters. The van der Waals surface area contributed by atoms with Gasteiger partial charge in [0.05, 0.1) is 5.52 Å². The van der Waals surface area contributed by atoms with Crippen molar-refractivity contribution in [3.05, 3.63) is 29.8 Å². The van der Waals surface area contributed by atoms with E-state index in [0.717, 1.165) is 30.9 Å². The zero-order valence-corrected chi connectivity index (χ0v) is 12.2. The zero-order valence-electron chi connectivity index (χ0n) is 12.2. The molecule has 1 aliphatic rings. The van der Waals surface area contributed by atoms with Gasteiger partial charge in [0.1, 0.15) is 11.3 Å². The number of hydrogen-bond donors (Lipinski definition) is 1. The van der Waals surface area contributed by atoms with E-state index in [1.54, 1.807) is 6.07 Å². The van der Waals surface area contributed by atoms with E-state index in [-0.39, 0.29) is 5.82 Å². The molecule has 108 valence electrons. The largest absolute Gasteiger partial charge is 0.325 e. The van der Waals surface area contributed by atoms with Crippen molar-refractivity contribution in [1.82, 2.24) is 14.9 Å². The average molecular weight is 275 g/mol. The third kappa shape index (κ3) is 2.44. The number of piperidine rings is 1. The van der Waals surface area contributed by atoms with Gasteiger partial charge in [0.25, 0.3) is 0 Å². The Morgan fingerprint density at radius 1 is 1.45 bits per heavy atom. The van der Waals surface area contributed by atoms with Crippen molar-refractivity contribution in [2.24, 2.45) is 5.92 Å². The molecule has 1 aliphatic heterocycles. The Kier molecular flexibility index (Phi) is 3.74. The molecule has 1 aromatic carbocycles. The van der Waals surface area contributed by atoms with Crippen LogP contribution in [0.3, 0.4) is 0 Å². The molecule has 1 N–H and O–H groups in total. The second-order valence-corrected chi connectivity index (χ2v) is 6.02. The molecule has 1 fully saturated rings. The van der Waals surface area contributed by atoms with Gasteiger partial charge in [0, 0.05) is 12.5 Å². The number of halogens is 1. The highest BCUT2D eigenvalue weighted by Crippen LogP contribution is 2.26. The molecule has 0 spiro atoms. The van der Waals surface area contributed by atoms with Crippen LogP contribution in [-0.2, 0) is 6.42 Å². The van der Waals surface area contributed by atoms with Gasteiger partial charge < -0.3 is 9.88 Å². The molecule has 0 bridgehead atoms. The minimum atomic E-state index is -0.218. The first-order valence-corrected chi connectivity index (χ1v) is 7.53. The Hall–Kier alpha value is -1.42. The number of hydrogen-bond acceptors (Lipinski definition) is 2. The number of imidazole rings is 1. The lowest BCUT2D eigenvalue weighted by molar-refractivity contribution is 0.364. The van der Waals surface area contributed by atoms with Gasteiger partial charge in [0.2, 0.25) is 0 Å². The van der Waals surface area contributed by atoms with E-state index in [1.807, 2.05) is 6.07 Å². The lowest BCUT2D eigenvalue weighted by Gasteiger charge is -2.23. The van der Waals surface area contributed by atoms with E-state index in [4.69, 9.17) is 0 Å². The fourth-order valence-electron chi connectivity index (χ4n) is 3.21. The molecule has 1 atom stereocenters. The van der Waals surface area contributed by atoms with E-state index in [2.05, 4.69) is 28.7 Å². The summed E-state index contributed by atoms with van der Waals surface area (Å²) in [7, 11) is 0. The van der Waals surface area contributed by atoms with Crippen LogP contribution in [0.5, 0.6) is 0 Å². The van der Waals surface area contributed by atoms with Crippen LogP contribution in [0, 0.1) is 11.7 Å². The topological polar surface area (TPSA) is 29.9 Å². The Bertz CT molecular complexity index is 597. The SMILES string of the molecule is CC(C)n1c(CC2CCCNC2)nc2c(F)cccc21. The maximum atomic E-state index is 13.9. The van der Waals surface area contributed by atoms with Crippen molar-refractivity contribution in [3.8, 4) is 0 Å². The third-order valence-corrected chi connectivity index (χ3v) is 4.13. The van der Waals surface area contributed by atoms with E-state index in [9.17, 15) is 4.39 Å². The van der Waals surface area contributed by atoms with Gasteiger partial charge in [-0.2, -0.15) is 0 Å². The Balaban J connectivity index is 2.00. The van der Waals surface area contributed by atoms with Gasteiger partial charge >= 0.3 is 0 Å². The number of para-hydroxylation sites is 1. The summed E-state index contributed by atoms with van der Waals surface area (Å²) in [6.45, 7) is 6.43. The summed E-state index contributed by atoms with van der Waals surface area (Å²) in [4.78, 5) is 4.59. The standard InChI is InChI=1S/C16H22FN3/c1-11(2)20-14-7-3-6-13(17)16(14)19-15(20)9-12-5-4-8-18-10-12/h3,6-7,11-12,18H,4-5,8-10H2,1-2H3. The first kappa shape index (κ1) is 13.6. The highest BCUT2D eigenvalue weighted by atomic mass is 19.1. The van der Waals surface area contributed by atoms with E-state index < -0.39 is 0 Å². The molecule has 20 heavy (non-hydrogen) atoms. The van der Waals surface area contributed by atoms with Crippen molar-refractivity contribution in [2.75, 3.05) is 13.1 Å². The Labute approximate surface area is 119 Å². The maximum absolute atomic E-state index is 13.9. The molecule has 4 heteroatoms. The fourth-order valence-corrected chi connectivity index (χ4v) is 3.21. The summed E-state index contributed by atoms with van der Waals surface area (Å²) in [6.07, 6.45) is 3.39. The van der Waals surface area contributed by atoms with Gasteiger partial charge in [-0.3, -0.25) is 0 Å². The van der Waals surface area contributed by atoms with E-state index in [0.29, 0.717) is 17.5 Å². The lowest BCUT2D eigenvalue weighted by Crippen LogP contribution is -2.31. The van der Waals surface area contributed by atoms with Crippen LogP contribution >= 0.6 is 0 Å². The summed E-state index contributed by atoms with van der Waals surface area (Å²) in [5.41, 5.74) is 1.43. The summed E-state index contributed by atoms with van der Waals surface area (Å²) >= 11 is 0. The van der Waals surface area contributed by atoms with Crippen molar-refractivity contribution in [1.29, 1.82) is 0 Å². The van der Waals surface area contributed by atoms with Crippen LogP contribution in [0.15, 0.2) is 18.2 Å². The molecule has 0 saturated carbocycles. The molecule has 2 heterocycles. The highest BCUT2D eigenvalue weighted by molar-refractivity contribution is 5.76. The molecular formula is C16H22FN3. The molecule has 0 radical (unpaired) electrons. The number of benzene rings is 1. The summed E-state index contributed by atoms with van der Waals surface area (Å²) in [6, 6.07) is 5.53. The second-order valence-electron chi connectivity index (χ2n) is 6.02. The van der Waals surface area contributed by atoms with Crippen LogP contribution in [0.2, 0.25) is 0 Å². The summed E-state index contributed by atoms with van der Waals surface area (Å²) < 4.78 is 16.1. The summed E-state index contributed by atoms with van der Waals surface area (Å²) in [5.74, 6) is 1.42. The molecule has 3 nitrogen and oxygen atoms in total. The molecular weight excluding hydrogens is 253 g/mol. The molecule has 3 rings (SSSR count). The smallest absolute Gasteiger partial charge is 0.151 e. The monoisotopic (exact) mass is 275 g/mol. The predicted octanol–water partition coefficient (Wildman–Crippen LogP) is 3.30. The lowest BCUT2D eigenvalue weighted by atomic mass is 9.96. The number of nitrogens with one attached hydrogen (secondary N) is 1. The van der Waals surface area contributed by atoms with Crippen LogP contribution < -0.4 is 5.32 Å². The number of nitrogens with zero attached hydrogens (tertiary/aromatic N) is 2. The van der Waals surface area contributed by atoms with Gasteiger partial charge in [-0.1, -0.05) is 6.07 Å². The number of aromatic nitrogens is 2. The van der Waals surface area contributed by atoms with Crippen LogP contribution in [0.25, 0.3) is 11.0 Å². The number of fused-ring (bicyclic) bond motifs is 1. The van der Waals surface area contributed by atoms with Gasteiger partial charge in [0.15, 0.2) is 5.82 Å². The van der Waals surface area contributed by atoms with Crippen molar-refractivity contribution in [2.45, 2.75) is 39.2 Å². The minimum absolute atomic E-state index is 0.218. The molecule has 0 aliphatic carbocycles. The maximum Gasteiger partial charge on any atom is 0.151 e.